The second-order valence-electron chi connectivity index (χ2n) is 10.0. The Morgan fingerprint density at radius 3 is 2.67 bits per heavy atom. The predicted octanol–water partition coefficient (Wildman–Crippen LogP) is 6.82. The van der Waals surface area contributed by atoms with Gasteiger partial charge < -0.3 is 14.4 Å². The summed E-state index contributed by atoms with van der Waals surface area (Å²) >= 11 is 2.11. The number of methoxy groups -OCH3 is 1. The van der Waals surface area contributed by atoms with Gasteiger partial charge in [0.05, 0.1) is 31.1 Å². The quantitative estimate of drug-likeness (QED) is 0.231. The third-order valence-electron chi connectivity index (χ3n) is 7.70. The highest BCUT2D eigenvalue weighted by Crippen LogP contribution is 2.41. The van der Waals surface area contributed by atoms with Crippen LogP contribution in [-0.2, 0) is 30.7 Å². The van der Waals surface area contributed by atoms with Gasteiger partial charge in [-0.1, -0.05) is 30.3 Å². The van der Waals surface area contributed by atoms with Crippen LogP contribution in [0.15, 0.2) is 66.7 Å². The van der Waals surface area contributed by atoms with Gasteiger partial charge in [-0.25, -0.2) is 4.39 Å². The summed E-state index contributed by atoms with van der Waals surface area (Å²) in [6, 6.07) is 21.0. The molecule has 0 spiro atoms. The van der Waals surface area contributed by atoms with Crippen LogP contribution in [0, 0.1) is 16.3 Å². The van der Waals surface area contributed by atoms with Gasteiger partial charge in [0, 0.05) is 40.8 Å². The van der Waals surface area contributed by atoms with E-state index in [1.807, 2.05) is 30.3 Å². The standard InChI is InChI=1S/C32H28FIN2O3/c1-19-14-22(38-2)9-10-23(19)31-24-16-30(20-6-4-3-5-7-20)39-18-27(24)26-17-36(13-12-29(26)35-31)32(37)25-15-21(34)8-11-28(25)33/h3-11,14-15,30H,12-13,16-18H2,1-2H3/t30-/m1/s1. The number of fused-ring (bicyclic) bond motifs is 3. The van der Waals surface area contributed by atoms with Gasteiger partial charge in [0.2, 0.25) is 0 Å². The Bertz CT molecular complexity index is 1570. The minimum Gasteiger partial charge on any atom is -0.497 e. The molecule has 0 radical (unpaired) electrons. The van der Waals surface area contributed by atoms with Crippen molar-refractivity contribution >= 4 is 28.5 Å². The lowest BCUT2D eigenvalue weighted by Gasteiger charge is -2.35. The highest BCUT2D eigenvalue weighted by molar-refractivity contribution is 14.1. The van der Waals surface area contributed by atoms with E-state index in [2.05, 4.69) is 47.7 Å². The number of nitrogens with zero attached hydrogens (tertiary/aromatic N) is 2. The number of hydrogen-bond donors (Lipinski definition) is 0. The summed E-state index contributed by atoms with van der Waals surface area (Å²) < 4.78 is 27.3. The van der Waals surface area contributed by atoms with E-state index in [9.17, 15) is 9.18 Å². The van der Waals surface area contributed by atoms with Crippen LogP contribution in [0.25, 0.3) is 11.3 Å². The maximum Gasteiger partial charge on any atom is 0.257 e. The van der Waals surface area contributed by atoms with E-state index >= 15 is 0 Å². The first-order valence-electron chi connectivity index (χ1n) is 13.0. The van der Waals surface area contributed by atoms with E-state index in [1.165, 1.54) is 6.07 Å². The summed E-state index contributed by atoms with van der Waals surface area (Å²) in [6.07, 6.45) is 1.20. The molecular formula is C32H28FIN2O3. The summed E-state index contributed by atoms with van der Waals surface area (Å²) in [5.41, 5.74) is 8.62. The van der Waals surface area contributed by atoms with Crippen molar-refractivity contribution < 1.29 is 18.7 Å². The van der Waals surface area contributed by atoms with Crippen molar-refractivity contribution in [2.75, 3.05) is 13.7 Å². The number of benzene rings is 3. The lowest BCUT2D eigenvalue weighted by atomic mass is 9.86. The highest BCUT2D eigenvalue weighted by atomic mass is 127. The van der Waals surface area contributed by atoms with Crippen LogP contribution in [0.5, 0.6) is 5.75 Å². The first-order chi connectivity index (χ1) is 18.9. The Labute approximate surface area is 241 Å². The van der Waals surface area contributed by atoms with Gasteiger partial charge in [0.25, 0.3) is 5.91 Å². The van der Waals surface area contributed by atoms with Crippen molar-refractivity contribution in [1.82, 2.24) is 9.88 Å². The minimum absolute atomic E-state index is 0.0855. The van der Waals surface area contributed by atoms with Gasteiger partial charge in [0.1, 0.15) is 11.6 Å². The zero-order valence-corrected chi connectivity index (χ0v) is 24.0. The molecule has 198 valence electrons. The molecule has 4 aromatic rings. The van der Waals surface area contributed by atoms with Crippen LogP contribution in [0.2, 0.25) is 0 Å². The molecule has 2 aliphatic heterocycles. The van der Waals surface area contributed by atoms with Gasteiger partial charge in [-0.15, -0.1) is 0 Å². The van der Waals surface area contributed by atoms with Crippen molar-refractivity contribution in [3.05, 3.63) is 115 Å². The van der Waals surface area contributed by atoms with E-state index in [0.717, 1.165) is 54.1 Å². The van der Waals surface area contributed by atoms with Gasteiger partial charge in [0.15, 0.2) is 0 Å². The Morgan fingerprint density at radius 1 is 1.08 bits per heavy atom. The molecule has 0 aliphatic carbocycles. The number of amides is 1. The number of carbonyl (C=O) groups is 1. The fourth-order valence-corrected chi connectivity index (χ4v) is 6.13. The van der Waals surface area contributed by atoms with E-state index in [0.29, 0.717) is 32.5 Å². The van der Waals surface area contributed by atoms with Crippen LogP contribution in [0.4, 0.5) is 4.39 Å². The molecule has 0 unspecified atom stereocenters. The SMILES string of the molecule is COc1ccc(-c2nc3c(c4c2C[C@H](c2ccccc2)OC4)CN(C(=O)c2cc(I)ccc2F)CC3)c(C)c1. The zero-order valence-electron chi connectivity index (χ0n) is 21.8. The van der Waals surface area contributed by atoms with E-state index in [-0.39, 0.29) is 17.6 Å². The molecule has 2 aliphatic rings. The summed E-state index contributed by atoms with van der Waals surface area (Å²) in [5, 5.41) is 0. The average Bonchev–Trinajstić information content (AvgIpc) is 2.97. The molecule has 3 aromatic carbocycles. The summed E-state index contributed by atoms with van der Waals surface area (Å²) in [7, 11) is 1.67. The monoisotopic (exact) mass is 634 g/mol. The van der Waals surface area contributed by atoms with Crippen molar-refractivity contribution in [3.63, 3.8) is 0 Å². The Morgan fingerprint density at radius 2 is 1.90 bits per heavy atom. The molecule has 39 heavy (non-hydrogen) atoms. The second-order valence-corrected chi connectivity index (χ2v) is 11.3. The summed E-state index contributed by atoms with van der Waals surface area (Å²) in [6.45, 7) is 3.38. The molecule has 0 bridgehead atoms. The molecule has 0 N–H and O–H groups in total. The van der Waals surface area contributed by atoms with Crippen molar-refractivity contribution in [3.8, 4) is 17.0 Å². The number of aryl methyl sites for hydroxylation is 1. The van der Waals surface area contributed by atoms with Crippen LogP contribution < -0.4 is 4.74 Å². The zero-order chi connectivity index (χ0) is 27.1. The number of rotatable bonds is 4. The van der Waals surface area contributed by atoms with Gasteiger partial charge >= 0.3 is 0 Å². The molecule has 0 fully saturated rings. The molecule has 5 nitrogen and oxygen atoms in total. The Hall–Kier alpha value is -3.30. The topological polar surface area (TPSA) is 51.7 Å². The third kappa shape index (κ3) is 4.94. The molecule has 1 aromatic heterocycles. The van der Waals surface area contributed by atoms with Gasteiger partial charge in [-0.2, -0.15) is 0 Å². The summed E-state index contributed by atoms with van der Waals surface area (Å²) in [5.74, 6) is 0.0237. The highest BCUT2D eigenvalue weighted by Gasteiger charge is 2.33. The van der Waals surface area contributed by atoms with Crippen LogP contribution >= 0.6 is 22.6 Å². The minimum atomic E-state index is -0.495. The van der Waals surface area contributed by atoms with E-state index in [1.54, 1.807) is 24.1 Å². The number of carbonyl (C=O) groups excluding carboxylic acids is 1. The molecule has 1 atom stereocenters. The summed E-state index contributed by atoms with van der Waals surface area (Å²) in [4.78, 5) is 20.4. The number of aromatic nitrogens is 1. The molecule has 6 rings (SSSR count). The van der Waals surface area contributed by atoms with E-state index in [4.69, 9.17) is 14.5 Å². The molecule has 0 saturated heterocycles. The van der Waals surface area contributed by atoms with Crippen molar-refractivity contribution in [2.24, 2.45) is 0 Å². The maximum absolute atomic E-state index is 14.6. The van der Waals surface area contributed by atoms with E-state index < -0.39 is 5.82 Å². The largest absolute Gasteiger partial charge is 0.497 e. The molecule has 7 heteroatoms. The fraction of sp³-hybridized carbons (Fsp3) is 0.250. The third-order valence-corrected chi connectivity index (χ3v) is 8.37. The average molecular weight is 634 g/mol. The normalized spacial score (nSPS) is 16.4. The van der Waals surface area contributed by atoms with Gasteiger partial charge in [-0.3, -0.25) is 9.78 Å². The van der Waals surface area contributed by atoms with Crippen LogP contribution in [-0.4, -0.2) is 29.4 Å². The van der Waals surface area contributed by atoms with Crippen LogP contribution in [0.1, 0.15) is 50.0 Å². The molecular weight excluding hydrogens is 606 g/mol. The van der Waals surface area contributed by atoms with Crippen LogP contribution in [0.3, 0.4) is 0 Å². The molecule has 3 heterocycles. The number of halogens is 2. The number of hydrogen-bond acceptors (Lipinski definition) is 4. The fourth-order valence-electron chi connectivity index (χ4n) is 5.63. The van der Waals surface area contributed by atoms with Crippen molar-refractivity contribution in [2.45, 2.75) is 39.0 Å². The Kier molecular flexibility index (Phi) is 7.12. The lowest BCUT2D eigenvalue weighted by molar-refractivity contribution is 0.0261. The lowest BCUT2D eigenvalue weighted by Crippen LogP contribution is -2.38. The van der Waals surface area contributed by atoms with Gasteiger partial charge in [-0.05, 0) is 93.7 Å². The van der Waals surface area contributed by atoms with Crippen molar-refractivity contribution in [1.29, 1.82) is 0 Å². The number of pyridine rings is 1. The Balaban J connectivity index is 1.43. The molecule has 0 saturated carbocycles. The number of ether oxygens (including phenoxy) is 2. The molecule has 1 amide bonds. The first kappa shape index (κ1) is 26.0. The first-order valence-corrected chi connectivity index (χ1v) is 14.1. The predicted molar refractivity (Wildman–Crippen MR) is 156 cm³/mol. The second kappa shape index (κ2) is 10.7. The smallest absolute Gasteiger partial charge is 0.257 e. The maximum atomic E-state index is 14.6.